The number of nitrogens with zero attached hydrogens (tertiary/aromatic N) is 2. The average molecular weight is 291 g/mol. The Morgan fingerprint density at radius 1 is 1.14 bits per heavy atom. The van der Waals surface area contributed by atoms with Crippen LogP contribution in [0.4, 0.5) is 8.78 Å². The zero-order valence-corrected chi connectivity index (χ0v) is 12.3. The Hall–Kier alpha value is -1.88. The number of aromatic nitrogens is 2. The molecule has 3 nitrogen and oxygen atoms in total. The van der Waals surface area contributed by atoms with E-state index in [0.717, 1.165) is 30.4 Å². The van der Waals surface area contributed by atoms with Crippen molar-refractivity contribution in [2.75, 3.05) is 6.54 Å². The Balaban J connectivity index is 2.15. The highest BCUT2D eigenvalue weighted by atomic mass is 19.1. The molecule has 1 aromatic heterocycles. The third-order valence-corrected chi connectivity index (χ3v) is 3.05. The van der Waals surface area contributed by atoms with Gasteiger partial charge in [-0.25, -0.2) is 18.7 Å². The van der Waals surface area contributed by atoms with E-state index in [1.54, 1.807) is 0 Å². The standard InChI is InChI=1S/C16H19F2N3/c1-3-6-19-10-14-7-11(2)20-16(21-14)8-12-4-5-13(17)9-15(12)18/h4-5,7,9,19H,3,6,8,10H2,1-2H3. The molecule has 1 heterocycles. The predicted octanol–water partition coefficient (Wildman–Crippen LogP) is 3.15. The highest BCUT2D eigenvalue weighted by molar-refractivity contribution is 5.23. The van der Waals surface area contributed by atoms with Crippen LogP contribution >= 0.6 is 0 Å². The molecule has 1 N–H and O–H groups in total. The highest BCUT2D eigenvalue weighted by Gasteiger charge is 2.08. The predicted molar refractivity (Wildman–Crippen MR) is 77.9 cm³/mol. The van der Waals surface area contributed by atoms with Crippen LogP contribution in [0.15, 0.2) is 24.3 Å². The van der Waals surface area contributed by atoms with Gasteiger partial charge in [-0.3, -0.25) is 0 Å². The minimum Gasteiger partial charge on any atom is -0.311 e. The lowest BCUT2D eigenvalue weighted by Crippen LogP contribution is -2.16. The number of rotatable bonds is 6. The van der Waals surface area contributed by atoms with E-state index in [2.05, 4.69) is 22.2 Å². The molecule has 0 saturated carbocycles. The Kier molecular flexibility index (Phi) is 5.33. The molecular formula is C16H19F2N3. The third kappa shape index (κ3) is 4.56. The van der Waals surface area contributed by atoms with Crippen molar-refractivity contribution in [2.45, 2.75) is 33.2 Å². The minimum atomic E-state index is -0.578. The molecule has 0 aliphatic carbocycles. The van der Waals surface area contributed by atoms with E-state index >= 15 is 0 Å². The van der Waals surface area contributed by atoms with Crippen LogP contribution in [0.1, 0.15) is 36.1 Å². The Labute approximate surface area is 123 Å². The van der Waals surface area contributed by atoms with E-state index in [0.29, 0.717) is 17.9 Å². The summed E-state index contributed by atoms with van der Waals surface area (Å²) in [5.74, 6) is -0.592. The summed E-state index contributed by atoms with van der Waals surface area (Å²) in [4.78, 5) is 8.75. The summed E-state index contributed by atoms with van der Waals surface area (Å²) in [5.41, 5.74) is 2.12. The number of hydrogen-bond donors (Lipinski definition) is 1. The smallest absolute Gasteiger partial charge is 0.133 e. The maximum atomic E-state index is 13.7. The number of nitrogens with one attached hydrogen (secondary N) is 1. The lowest BCUT2D eigenvalue weighted by atomic mass is 10.1. The van der Waals surface area contributed by atoms with E-state index in [-0.39, 0.29) is 6.42 Å². The summed E-state index contributed by atoms with van der Waals surface area (Å²) in [6.45, 7) is 5.57. The molecule has 1 aromatic carbocycles. The molecule has 5 heteroatoms. The lowest BCUT2D eigenvalue weighted by Gasteiger charge is -2.08. The largest absolute Gasteiger partial charge is 0.311 e. The summed E-state index contributed by atoms with van der Waals surface area (Å²) in [6, 6.07) is 5.48. The Morgan fingerprint density at radius 2 is 1.95 bits per heavy atom. The van der Waals surface area contributed by atoms with E-state index in [1.165, 1.54) is 12.1 Å². The molecule has 0 fully saturated rings. The molecule has 0 aliphatic heterocycles. The molecular weight excluding hydrogens is 272 g/mol. The van der Waals surface area contributed by atoms with Crippen LogP contribution in [0, 0.1) is 18.6 Å². The molecule has 0 radical (unpaired) electrons. The van der Waals surface area contributed by atoms with Crippen LogP contribution in [0.3, 0.4) is 0 Å². The number of hydrogen-bond acceptors (Lipinski definition) is 3. The number of aryl methyl sites for hydroxylation is 1. The molecule has 0 aliphatic rings. The summed E-state index contributed by atoms with van der Waals surface area (Å²) in [7, 11) is 0. The topological polar surface area (TPSA) is 37.8 Å². The summed E-state index contributed by atoms with van der Waals surface area (Å²) >= 11 is 0. The average Bonchev–Trinajstić information content (AvgIpc) is 2.42. The van der Waals surface area contributed by atoms with E-state index < -0.39 is 11.6 Å². The van der Waals surface area contributed by atoms with Crippen LogP contribution in [-0.2, 0) is 13.0 Å². The highest BCUT2D eigenvalue weighted by Crippen LogP contribution is 2.13. The van der Waals surface area contributed by atoms with Crippen molar-refractivity contribution in [1.82, 2.24) is 15.3 Å². The van der Waals surface area contributed by atoms with Crippen molar-refractivity contribution in [2.24, 2.45) is 0 Å². The SMILES string of the molecule is CCCNCc1cc(C)nc(Cc2ccc(F)cc2F)n1. The third-order valence-electron chi connectivity index (χ3n) is 3.05. The van der Waals surface area contributed by atoms with Gasteiger partial charge in [0.15, 0.2) is 0 Å². The molecule has 0 saturated heterocycles. The molecule has 0 amide bonds. The molecule has 0 spiro atoms. The van der Waals surface area contributed by atoms with Gasteiger partial charge in [0.2, 0.25) is 0 Å². The van der Waals surface area contributed by atoms with Gasteiger partial charge in [-0.05, 0) is 37.6 Å². The zero-order valence-electron chi connectivity index (χ0n) is 12.3. The van der Waals surface area contributed by atoms with Gasteiger partial charge in [-0.2, -0.15) is 0 Å². The first-order chi connectivity index (χ1) is 10.1. The first-order valence-corrected chi connectivity index (χ1v) is 7.06. The summed E-state index contributed by atoms with van der Waals surface area (Å²) in [6.07, 6.45) is 1.31. The van der Waals surface area contributed by atoms with Crippen LogP contribution in [0.5, 0.6) is 0 Å². The second kappa shape index (κ2) is 7.22. The van der Waals surface area contributed by atoms with Gasteiger partial charge in [0.05, 0.1) is 5.69 Å². The van der Waals surface area contributed by atoms with Gasteiger partial charge >= 0.3 is 0 Å². The molecule has 0 atom stereocenters. The van der Waals surface area contributed by atoms with Crippen molar-refractivity contribution in [1.29, 1.82) is 0 Å². The maximum Gasteiger partial charge on any atom is 0.133 e. The van der Waals surface area contributed by atoms with Gasteiger partial charge < -0.3 is 5.32 Å². The molecule has 0 bridgehead atoms. The van der Waals surface area contributed by atoms with Crippen LogP contribution in [0.2, 0.25) is 0 Å². The monoisotopic (exact) mass is 291 g/mol. The van der Waals surface area contributed by atoms with Crippen LogP contribution in [-0.4, -0.2) is 16.5 Å². The second-order valence-electron chi connectivity index (χ2n) is 5.01. The lowest BCUT2D eigenvalue weighted by molar-refractivity contribution is 0.573. The first kappa shape index (κ1) is 15.5. The molecule has 0 unspecified atom stereocenters. The first-order valence-electron chi connectivity index (χ1n) is 7.06. The molecule has 2 rings (SSSR count). The van der Waals surface area contributed by atoms with E-state index in [9.17, 15) is 8.78 Å². The van der Waals surface area contributed by atoms with Gasteiger partial charge in [0.1, 0.15) is 17.5 Å². The number of halogens is 2. The van der Waals surface area contributed by atoms with E-state index in [1.807, 2.05) is 13.0 Å². The van der Waals surface area contributed by atoms with Gasteiger partial charge in [0, 0.05) is 24.7 Å². The molecule has 112 valence electrons. The zero-order chi connectivity index (χ0) is 15.2. The Morgan fingerprint density at radius 3 is 2.67 bits per heavy atom. The normalized spacial score (nSPS) is 10.9. The fourth-order valence-corrected chi connectivity index (χ4v) is 2.10. The van der Waals surface area contributed by atoms with Crippen molar-refractivity contribution < 1.29 is 8.78 Å². The molecule has 2 aromatic rings. The van der Waals surface area contributed by atoms with Crippen LogP contribution < -0.4 is 5.32 Å². The van der Waals surface area contributed by atoms with E-state index in [4.69, 9.17) is 0 Å². The summed E-state index contributed by atoms with van der Waals surface area (Å²) in [5, 5.41) is 3.27. The fraction of sp³-hybridized carbons (Fsp3) is 0.375. The minimum absolute atomic E-state index is 0.259. The second-order valence-corrected chi connectivity index (χ2v) is 5.01. The Bertz CT molecular complexity index is 614. The van der Waals surface area contributed by atoms with Crippen molar-refractivity contribution in [3.63, 3.8) is 0 Å². The van der Waals surface area contributed by atoms with Crippen LogP contribution in [0.25, 0.3) is 0 Å². The fourth-order valence-electron chi connectivity index (χ4n) is 2.10. The van der Waals surface area contributed by atoms with Crippen molar-refractivity contribution >= 4 is 0 Å². The van der Waals surface area contributed by atoms with Gasteiger partial charge in [-0.15, -0.1) is 0 Å². The van der Waals surface area contributed by atoms with Crippen molar-refractivity contribution in [3.05, 3.63) is 58.7 Å². The number of benzene rings is 1. The van der Waals surface area contributed by atoms with Gasteiger partial charge in [-0.1, -0.05) is 13.0 Å². The molecule has 21 heavy (non-hydrogen) atoms. The van der Waals surface area contributed by atoms with Crippen molar-refractivity contribution in [3.8, 4) is 0 Å². The maximum absolute atomic E-state index is 13.7. The quantitative estimate of drug-likeness (QED) is 0.831. The van der Waals surface area contributed by atoms with Gasteiger partial charge in [0.25, 0.3) is 0 Å². The summed E-state index contributed by atoms with van der Waals surface area (Å²) < 4.78 is 26.6.